The largest absolute Gasteiger partial charge is 0.469 e. The van der Waals surface area contributed by atoms with Crippen molar-refractivity contribution in [1.82, 2.24) is 5.32 Å². The minimum Gasteiger partial charge on any atom is -0.469 e. The van der Waals surface area contributed by atoms with Gasteiger partial charge in [0.2, 0.25) is 0 Å². The highest BCUT2D eigenvalue weighted by Gasteiger charge is 2.07. The molecule has 0 atom stereocenters. The summed E-state index contributed by atoms with van der Waals surface area (Å²) in [6, 6.07) is 5.10. The molecule has 0 spiro atoms. The lowest BCUT2D eigenvalue weighted by Gasteiger charge is -2.06. The van der Waals surface area contributed by atoms with Gasteiger partial charge in [0.1, 0.15) is 0 Å². The van der Waals surface area contributed by atoms with Crippen LogP contribution in [0.3, 0.4) is 0 Å². The molecule has 0 aliphatic rings. The lowest BCUT2D eigenvalue weighted by Crippen LogP contribution is -2.25. The number of carbonyl (C=O) groups is 2. The SMILES string of the molecule is COC(=O)CCCNC(=O)c1ccc(N)c(I)c1. The Morgan fingerprint density at radius 3 is 2.78 bits per heavy atom. The smallest absolute Gasteiger partial charge is 0.305 e. The van der Waals surface area contributed by atoms with Crippen molar-refractivity contribution in [2.24, 2.45) is 0 Å². The van der Waals surface area contributed by atoms with Crippen LogP contribution in [0.1, 0.15) is 23.2 Å². The van der Waals surface area contributed by atoms with Crippen molar-refractivity contribution in [1.29, 1.82) is 0 Å². The molecule has 0 unspecified atom stereocenters. The minimum absolute atomic E-state index is 0.169. The molecule has 1 aromatic rings. The van der Waals surface area contributed by atoms with E-state index in [1.807, 2.05) is 0 Å². The molecular weight excluding hydrogens is 347 g/mol. The van der Waals surface area contributed by atoms with Crippen molar-refractivity contribution in [2.75, 3.05) is 19.4 Å². The maximum absolute atomic E-state index is 11.8. The summed E-state index contributed by atoms with van der Waals surface area (Å²) in [6.45, 7) is 0.439. The molecule has 0 bridgehead atoms. The fourth-order valence-electron chi connectivity index (χ4n) is 1.31. The molecule has 0 radical (unpaired) electrons. The highest BCUT2D eigenvalue weighted by molar-refractivity contribution is 14.1. The second-order valence-electron chi connectivity index (χ2n) is 3.67. The van der Waals surface area contributed by atoms with Crippen molar-refractivity contribution in [3.8, 4) is 0 Å². The van der Waals surface area contributed by atoms with Crippen LogP contribution in [0.5, 0.6) is 0 Å². The number of amides is 1. The molecule has 98 valence electrons. The van der Waals surface area contributed by atoms with E-state index in [9.17, 15) is 9.59 Å². The summed E-state index contributed by atoms with van der Waals surface area (Å²) in [6.07, 6.45) is 0.862. The van der Waals surface area contributed by atoms with Crippen LogP contribution in [0.2, 0.25) is 0 Å². The lowest BCUT2D eigenvalue weighted by atomic mass is 10.2. The Balaban J connectivity index is 2.41. The van der Waals surface area contributed by atoms with Crippen molar-refractivity contribution in [3.63, 3.8) is 0 Å². The number of methoxy groups -OCH3 is 1. The number of hydrogen-bond acceptors (Lipinski definition) is 4. The number of nitrogen functional groups attached to an aromatic ring is 1. The van der Waals surface area contributed by atoms with Crippen LogP contribution >= 0.6 is 22.6 Å². The molecule has 6 heteroatoms. The molecule has 18 heavy (non-hydrogen) atoms. The zero-order valence-electron chi connectivity index (χ0n) is 10.0. The van der Waals surface area contributed by atoms with Gasteiger partial charge in [-0.3, -0.25) is 9.59 Å². The van der Waals surface area contributed by atoms with Gasteiger partial charge in [0.05, 0.1) is 7.11 Å². The van der Waals surface area contributed by atoms with E-state index in [4.69, 9.17) is 5.73 Å². The van der Waals surface area contributed by atoms with Gasteiger partial charge in [-0.05, 0) is 47.2 Å². The fourth-order valence-corrected chi connectivity index (χ4v) is 1.82. The molecule has 5 nitrogen and oxygen atoms in total. The van der Waals surface area contributed by atoms with E-state index in [-0.39, 0.29) is 11.9 Å². The molecule has 3 N–H and O–H groups in total. The molecular formula is C12H15IN2O3. The van der Waals surface area contributed by atoms with Gasteiger partial charge in [-0.2, -0.15) is 0 Å². The highest BCUT2D eigenvalue weighted by Crippen LogP contribution is 2.16. The normalized spacial score (nSPS) is 9.89. The summed E-state index contributed by atoms with van der Waals surface area (Å²) in [7, 11) is 1.34. The molecule has 0 aliphatic carbocycles. The average molecular weight is 362 g/mol. The monoisotopic (exact) mass is 362 g/mol. The summed E-state index contributed by atoms with van der Waals surface area (Å²) in [5.74, 6) is -0.441. The van der Waals surface area contributed by atoms with Crippen LogP contribution in [-0.2, 0) is 9.53 Å². The number of esters is 1. The number of halogens is 1. The van der Waals surface area contributed by atoms with Gasteiger partial charge in [0, 0.05) is 27.8 Å². The summed E-state index contributed by atoms with van der Waals surface area (Å²) in [5, 5.41) is 2.73. The van der Waals surface area contributed by atoms with Gasteiger partial charge in [0.15, 0.2) is 0 Å². The molecule has 1 amide bonds. The first-order chi connectivity index (χ1) is 8.54. The topological polar surface area (TPSA) is 81.4 Å². The summed E-state index contributed by atoms with van der Waals surface area (Å²) >= 11 is 2.08. The van der Waals surface area contributed by atoms with Gasteiger partial charge in [-0.25, -0.2) is 0 Å². The van der Waals surface area contributed by atoms with E-state index in [2.05, 4.69) is 32.6 Å². The molecule has 1 aromatic carbocycles. The molecule has 1 rings (SSSR count). The first-order valence-electron chi connectivity index (χ1n) is 5.44. The Morgan fingerprint density at radius 1 is 1.44 bits per heavy atom. The maximum atomic E-state index is 11.8. The molecule has 0 fully saturated rings. The predicted molar refractivity (Wildman–Crippen MR) is 77.2 cm³/mol. The first-order valence-corrected chi connectivity index (χ1v) is 6.52. The Morgan fingerprint density at radius 2 is 2.17 bits per heavy atom. The van der Waals surface area contributed by atoms with E-state index in [0.29, 0.717) is 30.6 Å². The van der Waals surface area contributed by atoms with E-state index in [1.54, 1.807) is 18.2 Å². The molecule has 0 aliphatic heterocycles. The van der Waals surface area contributed by atoms with Gasteiger partial charge < -0.3 is 15.8 Å². The third-order valence-corrected chi connectivity index (χ3v) is 3.27. The minimum atomic E-state index is -0.272. The van der Waals surface area contributed by atoms with E-state index in [1.165, 1.54) is 7.11 Å². The van der Waals surface area contributed by atoms with Crippen molar-refractivity contribution in [2.45, 2.75) is 12.8 Å². The maximum Gasteiger partial charge on any atom is 0.305 e. The van der Waals surface area contributed by atoms with Crippen LogP contribution in [0.4, 0.5) is 5.69 Å². The molecule has 0 heterocycles. The summed E-state index contributed by atoms with van der Waals surface area (Å²) in [4.78, 5) is 22.6. The van der Waals surface area contributed by atoms with Crippen LogP contribution < -0.4 is 11.1 Å². The van der Waals surface area contributed by atoms with Gasteiger partial charge in [0.25, 0.3) is 5.91 Å². The van der Waals surface area contributed by atoms with E-state index in [0.717, 1.165) is 3.57 Å². The Labute approximate surface area is 119 Å². The van der Waals surface area contributed by atoms with Gasteiger partial charge >= 0.3 is 5.97 Å². The number of carbonyl (C=O) groups excluding carboxylic acids is 2. The van der Waals surface area contributed by atoms with Gasteiger partial charge in [-0.1, -0.05) is 0 Å². The average Bonchev–Trinajstić information content (AvgIpc) is 2.37. The fraction of sp³-hybridized carbons (Fsp3) is 0.333. The summed E-state index contributed by atoms with van der Waals surface area (Å²) in [5.41, 5.74) is 6.88. The number of nitrogens with one attached hydrogen (secondary N) is 1. The number of hydrogen-bond donors (Lipinski definition) is 2. The highest BCUT2D eigenvalue weighted by atomic mass is 127. The predicted octanol–water partition coefficient (Wildman–Crippen LogP) is 1.56. The zero-order chi connectivity index (χ0) is 13.5. The number of nitrogens with two attached hydrogens (primary N) is 1. The Bertz CT molecular complexity index is 449. The van der Waals surface area contributed by atoms with Crippen LogP contribution in [0, 0.1) is 3.57 Å². The van der Waals surface area contributed by atoms with Crippen LogP contribution in [0.25, 0.3) is 0 Å². The third-order valence-electron chi connectivity index (χ3n) is 2.33. The lowest BCUT2D eigenvalue weighted by molar-refractivity contribution is -0.140. The molecule has 0 saturated carbocycles. The first kappa shape index (κ1) is 14.7. The zero-order valence-corrected chi connectivity index (χ0v) is 12.2. The van der Waals surface area contributed by atoms with Crippen molar-refractivity contribution < 1.29 is 14.3 Å². The summed E-state index contributed by atoms with van der Waals surface area (Å²) < 4.78 is 5.35. The number of benzene rings is 1. The van der Waals surface area contributed by atoms with Crippen molar-refractivity contribution in [3.05, 3.63) is 27.3 Å². The number of anilines is 1. The van der Waals surface area contributed by atoms with E-state index < -0.39 is 0 Å². The van der Waals surface area contributed by atoms with Crippen LogP contribution in [-0.4, -0.2) is 25.5 Å². The van der Waals surface area contributed by atoms with Gasteiger partial charge in [-0.15, -0.1) is 0 Å². The third kappa shape index (κ3) is 4.52. The van der Waals surface area contributed by atoms with Crippen LogP contribution in [0.15, 0.2) is 18.2 Å². The quantitative estimate of drug-likeness (QED) is 0.361. The number of rotatable bonds is 5. The second-order valence-corrected chi connectivity index (χ2v) is 4.83. The Kier molecular flexibility index (Phi) is 5.90. The molecule has 0 saturated heterocycles. The Hall–Kier alpha value is -1.31. The van der Waals surface area contributed by atoms with E-state index >= 15 is 0 Å². The molecule has 0 aromatic heterocycles. The van der Waals surface area contributed by atoms with Crippen molar-refractivity contribution >= 4 is 40.2 Å². The second kappa shape index (κ2) is 7.20. The standard InChI is InChI=1S/C12H15IN2O3/c1-18-11(16)3-2-6-15-12(17)8-4-5-10(14)9(13)7-8/h4-5,7H,2-3,6,14H2,1H3,(H,15,17). The number of ether oxygens (including phenoxy) is 1.